The molecule has 0 saturated heterocycles. The second kappa shape index (κ2) is 6.75. The summed E-state index contributed by atoms with van der Waals surface area (Å²) in [5.41, 5.74) is 3.46. The molecule has 1 aliphatic rings. The van der Waals surface area contributed by atoms with Gasteiger partial charge in [-0.15, -0.1) is 0 Å². The molecule has 0 unspecified atom stereocenters. The van der Waals surface area contributed by atoms with Crippen molar-refractivity contribution in [3.8, 4) is 0 Å². The van der Waals surface area contributed by atoms with Gasteiger partial charge >= 0.3 is 0 Å². The first-order chi connectivity index (χ1) is 11.4. The van der Waals surface area contributed by atoms with Crippen molar-refractivity contribution in [3.05, 3.63) is 65.2 Å². The van der Waals surface area contributed by atoms with E-state index in [1.54, 1.807) is 24.3 Å². The minimum atomic E-state index is -3.60. The van der Waals surface area contributed by atoms with Crippen LogP contribution in [0, 0.1) is 0 Å². The van der Waals surface area contributed by atoms with Crippen molar-refractivity contribution in [2.24, 2.45) is 5.14 Å². The second-order valence-corrected chi connectivity index (χ2v) is 7.75. The van der Waals surface area contributed by atoms with Gasteiger partial charge in [-0.05, 0) is 48.1 Å². The molecule has 126 valence electrons. The molecule has 1 amide bonds. The molecule has 1 atom stereocenters. The molecular weight excluding hydrogens is 324 g/mol. The smallest absolute Gasteiger partial charge is 0.231 e. The highest BCUT2D eigenvalue weighted by Gasteiger charge is 2.26. The van der Waals surface area contributed by atoms with Gasteiger partial charge < -0.3 is 5.32 Å². The number of fused-ring (bicyclic) bond motifs is 1. The van der Waals surface area contributed by atoms with Gasteiger partial charge in [0.2, 0.25) is 15.9 Å². The van der Waals surface area contributed by atoms with Crippen LogP contribution in [0.3, 0.4) is 0 Å². The maximum Gasteiger partial charge on any atom is 0.231 e. The minimum Gasteiger partial charge on any atom is -0.326 e. The summed E-state index contributed by atoms with van der Waals surface area (Å²) in [7, 11) is -3.60. The molecule has 3 rings (SSSR count). The lowest BCUT2D eigenvalue weighted by Crippen LogP contribution is -2.24. The van der Waals surface area contributed by atoms with Gasteiger partial charge in [-0.2, -0.15) is 0 Å². The number of hydrogen-bond acceptors (Lipinski definition) is 3. The first-order valence-electron chi connectivity index (χ1n) is 7.90. The van der Waals surface area contributed by atoms with Gasteiger partial charge in [0.05, 0.1) is 11.7 Å². The zero-order chi connectivity index (χ0) is 17.2. The number of rotatable bonds is 4. The monoisotopic (exact) mass is 344 g/mol. The Morgan fingerprint density at radius 3 is 2.75 bits per heavy atom. The van der Waals surface area contributed by atoms with Gasteiger partial charge in [0.1, 0.15) is 0 Å². The van der Waals surface area contributed by atoms with E-state index >= 15 is 0 Å². The number of amides is 1. The zero-order valence-electron chi connectivity index (χ0n) is 13.2. The molecule has 6 heteroatoms. The Kier molecular flexibility index (Phi) is 4.69. The lowest BCUT2D eigenvalue weighted by molar-refractivity contribution is -0.117. The van der Waals surface area contributed by atoms with E-state index in [1.807, 2.05) is 18.2 Å². The number of sulfonamides is 1. The van der Waals surface area contributed by atoms with Crippen LogP contribution in [0.2, 0.25) is 0 Å². The predicted molar refractivity (Wildman–Crippen MR) is 94.0 cm³/mol. The summed E-state index contributed by atoms with van der Waals surface area (Å²) in [6.07, 6.45) is 2.81. The summed E-state index contributed by atoms with van der Waals surface area (Å²) in [5.74, 6) is -0.477. The van der Waals surface area contributed by atoms with Crippen LogP contribution in [0.4, 0.5) is 5.69 Å². The van der Waals surface area contributed by atoms with E-state index < -0.39 is 10.0 Å². The highest BCUT2D eigenvalue weighted by Crippen LogP contribution is 2.32. The lowest BCUT2D eigenvalue weighted by Gasteiger charge is -2.24. The third kappa shape index (κ3) is 4.01. The number of benzene rings is 2. The van der Waals surface area contributed by atoms with Crippen LogP contribution >= 0.6 is 0 Å². The molecule has 5 nitrogen and oxygen atoms in total. The molecule has 0 aromatic heterocycles. The average Bonchev–Trinajstić information content (AvgIpc) is 2.53. The van der Waals surface area contributed by atoms with Crippen LogP contribution in [0.25, 0.3) is 0 Å². The summed E-state index contributed by atoms with van der Waals surface area (Å²) < 4.78 is 22.4. The Balaban J connectivity index is 1.78. The zero-order valence-corrected chi connectivity index (χ0v) is 14.1. The number of nitrogens with two attached hydrogens (primary N) is 1. The normalized spacial score (nSPS) is 17.1. The standard InChI is InChI=1S/C18H20N2O3S/c19-24(22,23)12-13-5-3-8-15(11-13)20-18(21)17-10-4-7-14-6-1-2-9-16(14)17/h1-3,5-6,8-9,11,17H,4,7,10,12H2,(H,20,21)(H2,19,22,23)/t17-/m1/s1. The molecule has 0 radical (unpaired) electrons. The molecule has 24 heavy (non-hydrogen) atoms. The molecule has 2 aromatic rings. The van der Waals surface area contributed by atoms with Crippen molar-refractivity contribution in [2.45, 2.75) is 30.9 Å². The summed E-state index contributed by atoms with van der Waals surface area (Å²) in [5, 5.41) is 7.98. The average molecular weight is 344 g/mol. The lowest BCUT2D eigenvalue weighted by atomic mass is 9.82. The van der Waals surface area contributed by atoms with Crippen molar-refractivity contribution in [1.82, 2.24) is 0 Å². The third-order valence-electron chi connectivity index (χ3n) is 4.25. The quantitative estimate of drug-likeness (QED) is 0.893. The Hall–Kier alpha value is -2.18. The fraction of sp³-hybridized carbons (Fsp3) is 0.278. The highest BCUT2D eigenvalue weighted by atomic mass is 32.2. The Morgan fingerprint density at radius 1 is 1.17 bits per heavy atom. The number of nitrogens with one attached hydrogen (secondary N) is 1. The summed E-state index contributed by atoms with van der Waals surface area (Å²) in [4.78, 5) is 12.7. The van der Waals surface area contributed by atoms with E-state index in [0.29, 0.717) is 11.3 Å². The molecule has 1 aliphatic carbocycles. The molecule has 3 N–H and O–H groups in total. The molecule has 0 saturated carbocycles. The van der Waals surface area contributed by atoms with E-state index in [4.69, 9.17) is 5.14 Å². The topological polar surface area (TPSA) is 89.3 Å². The molecule has 0 spiro atoms. The van der Waals surface area contributed by atoms with Crippen molar-refractivity contribution >= 4 is 21.6 Å². The van der Waals surface area contributed by atoms with Crippen LogP contribution in [-0.4, -0.2) is 14.3 Å². The number of hydrogen-bond donors (Lipinski definition) is 2. The molecule has 0 bridgehead atoms. The van der Waals surface area contributed by atoms with Crippen LogP contribution in [-0.2, 0) is 27.0 Å². The van der Waals surface area contributed by atoms with Gasteiger partial charge in [0.15, 0.2) is 0 Å². The molecule has 0 aliphatic heterocycles. The van der Waals surface area contributed by atoms with Gasteiger partial charge in [-0.25, -0.2) is 13.6 Å². The minimum absolute atomic E-state index is 0.0603. The van der Waals surface area contributed by atoms with Gasteiger partial charge in [0, 0.05) is 5.69 Å². The molecular formula is C18H20N2O3S. The van der Waals surface area contributed by atoms with Gasteiger partial charge in [-0.1, -0.05) is 36.4 Å². The summed E-state index contributed by atoms with van der Waals surface area (Å²) in [6.45, 7) is 0. The van der Waals surface area contributed by atoms with E-state index in [9.17, 15) is 13.2 Å². The van der Waals surface area contributed by atoms with Crippen molar-refractivity contribution in [1.29, 1.82) is 0 Å². The Labute approximate surface area is 141 Å². The highest BCUT2D eigenvalue weighted by molar-refractivity contribution is 7.88. The number of carbonyl (C=O) groups excluding carboxylic acids is 1. The van der Waals surface area contributed by atoms with Gasteiger partial charge in [0.25, 0.3) is 0 Å². The first kappa shape index (κ1) is 16.7. The van der Waals surface area contributed by atoms with Crippen molar-refractivity contribution in [3.63, 3.8) is 0 Å². The maximum atomic E-state index is 12.7. The van der Waals surface area contributed by atoms with E-state index in [1.165, 1.54) is 5.56 Å². The van der Waals surface area contributed by atoms with Crippen LogP contribution in [0.15, 0.2) is 48.5 Å². The summed E-state index contributed by atoms with van der Waals surface area (Å²) >= 11 is 0. The van der Waals surface area contributed by atoms with E-state index in [0.717, 1.165) is 24.8 Å². The fourth-order valence-electron chi connectivity index (χ4n) is 3.23. The molecule has 0 fully saturated rings. The van der Waals surface area contributed by atoms with Crippen molar-refractivity contribution in [2.75, 3.05) is 5.32 Å². The second-order valence-electron chi connectivity index (χ2n) is 6.14. The Bertz CT molecular complexity index is 862. The fourth-order valence-corrected chi connectivity index (χ4v) is 3.87. The largest absolute Gasteiger partial charge is 0.326 e. The number of aryl methyl sites for hydroxylation is 1. The predicted octanol–water partition coefficient (Wildman–Crippen LogP) is 2.53. The van der Waals surface area contributed by atoms with Crippen molar-refractivity contribution < 1.29 is 13.2 Å². The Morgan fingerprint density at radius 2 is 1.96 bits per heavy atom. The number of anilines is 1. The number of carbonyl (C=O) groups is 1. The van der Waals surface area contributed by atoms with Crippen LogP contribution < -0.4 is 10.5 Å². The molecule has 2 aromatic carbocycles. The molecule has 0 heterocycles. The SMILES string of the molecule is NS(=O)(=O)Cc1cccc(NC(=O)[C@@H]2CCCc3ccccc32)c1. The maximum absolute atomic E-state index is 12.7. The van der Waals surface area contributed by atoms with Gasteiger partial charge in [-0.3, -0.25) is 4.79 Å². The van der Waals surface area contributed by atoms with Crippen LogP contribution in [0.1, 0.15) is 35.4 Å². The van der Waals surface area contributed by atoms with E-state index in [-0.39, 0.29) is 17.6 Å². The third-order valence-corrected chi connectivity index (χ3v) is 4.98. The first-order valence-corrected chi connectivity index (χ1v) is 9.62. The summed E-state index contributed by atoms with van der Waals surface area (Å²) in [6, 6.07) is 14.8. The number of primary sulfonamides is 1. The van der Waals surface area contributed by atoms with E-state index in [2.05, 4.69) is 11.4 Å². The van der Waals surface area contributed by atoms with Crippen LogP contribution in [0.5, 0.6) is 0 Å².